The first-order valence-electron chi connectivity index (χ1n) is 6.05. The third-order valence-corrected chi connectivity index (χ3v) is 6.26. The summed E-state index contributed by atoms with van der Waals surface area (Å²) in [5.74, 6) is 2.46. The second kappa shape index (κ2) is 3.34. The first-order valence-corrected chi connectivity index (χ1v) is 7.87. The van der Waals surface area contributed by atoms with Gasteiger partial charge < -0.3 is 0 Å². The summed E-state index contributed by atoms with van der Waals surface area (Å²) >= 11 is 0. The minimum Gasteiger partial charge on any atom is -0.229 e. The summed E-state index contributed by atoms with van der Waals surface area (Å²) in [6, 6.07) is 0. The summed E-state index contributed by atoms with van der Waals surface area (Å²) in [6.45, 7) is 0. The van der Waals surface area contributed by atoms with Crippen LogP contribution in [0.4, 0.5) is 0 Å². The van der Waals surface area contributed by atoms with Gasteiger partial charge in [0.2, 0.25) is 0 Å². The summed E-state index contributed by atoms with van der Waals surface area (Å²) in [6.07, 6.45) is 8.45. The van der Waals surface area contributed by atoms with Crippen molar-refractivity contribution in [1.29, 1.82) is 0 Å². The van der Waals surface area contributed by atoms with Crippen molar-refractivity contribution in [3.05, 3.63) is 11.6 Å². The van der Waals surface area contributed by atoms with Crippen LogP contribution in [0.2, 0.25) is 0 Å². The molecule has 1 saturated heterocycles. The normalized spacial score (nSPS) is 42.9. The van der Waals surface area contributed by atoms with E-state index < -0.39 is 9.84 Å². The van der Waals surface area contributed by atoms with Gasteiger partial charge in [-0.3, -0.25) is 0 Å². The predicted molar refractivity (Wildman–Crippen MR) is 60.3 cm³/mol. The van der Waals surface area contributed by atoms with Crippen molar-refractivity contribution in [1.82, 2.24) is 0 Å². The summed E-state index contributed by atoms with van der Waals surface area (Å²) in [7, 11) is -2.71. The molecule has 1 aliphatic heterocycles. The molecule has 15 heavy (non-hydrogen) atoms. The van der Waals surface area contributed by atoms with Crippen molar-refractivity contribution in [2.24, 2.45) is 17.8 Å². The zero-order valence-corrected chi connectivity index (χ0v) is 9.80. The molecule has 0 amide bonds. The van der Waals surface area contributed by atoms with Crippen LogP contribution in [0, 0.1) is 17.8 Å². The van der Waals surface area contributed by atoms with E-state index in [9.17, 15) is 8.42 Å². The Labute approximate surface area is 91.7 Å². The second-order valence-corrected chi connectivity index (χ2v) is 7.52. The molecule has 0 aromatic heterocycles. The average Bonchev–Trinajstić information content (AvgIpc) is 2.52. The molecule has 2 aliphatic carbocycles. The number of hydrogen-bond donors (Lipinski definition) is 0. The third-order valence-electron chi connectivity index (χ3n) is 4.43. The van der Waals surface area contributed by atoms with Gasteiger partial charge in [-0.05, 0) is 43.4 Å². The lowest BCUT2D eigenvalue weighted by Crippen LogP contribution is -2.29. The van der Waals surface area contributed by atoms with E-state index in [-0.39, 0.29) is 0 Å². The van der Waals surface area contributed by atoms with E-state index in [4.69, 9.17) is 0 Å². The second-order valence-electron chi connectivity index (χ2n) is 5.37. The third kappa shape index (κ3) is 1.65. The Morgan fingerprint density at radius 2 is 2.07 bits per heavy atom. The molecule has 2 nitrogen and oxygen atoms in total. The van der Waals surface area contributed by atoms with Gasteiger partial charge in [0.15, 0.2) is 9.84 Å². The zero-order chi connectivity index (χ0) is 10.5. The summed E-state index contributed by atoms with van der Waals surface area (Å²) in [4.78, 5) is 0. The SMILES string of the molecule is O=S1(=O)C[C@@H]2CC=C3CCCC[C@H]3[C@@H]2C1. The quantitative estimate of drug-likeness (QED) is 0.593. The van der Waals surface area contributed by atoms with Gasteiger partial charge in [-0.15, -0.1) is 0 Å². The minimum absolute atomic E-state index is 0.446. The van der Waals surface area contributed by atoms with E-state index in [0.29, 0.717) is 29.3 Å². The van der Waals surface area contributed by atoms with Gasteiger partial charge in [0.1, 0.15) is 0 Å². The lowest BCUT2D eigenvalue weighted by atomic mass is 9.68. The van der Waals surface area contributed by atoms with Crippen LogP contribution >= 0.6 is 0 Å². The molecule has 0 radical (unpaired) electrons. The number of allylic oxidation sites excluding steroid dienone is 2. The maximum absolute atomic E-state index is 11.6. The first kappa shape index (κ1) is 9.88. The van der Waals surface area contributed by atoms with Crippen molar-refractivity contribution in [3.8, 4) is 0 Å². The van der Waals surface area contributed by atoms with Crippen LogP contribution in [0.5, 0.6) is 0 Å². The van der Waals surface area contributed by atoms with Crippen LogP contribution in [-0.2, 0) is 9.84 Å². The molecular weight excluding hydrogens is 208 g/mol. The molecule has 1 saturated carbocycles. The van der Waals surface area contributed by atoms with Gasteiger partial charge in [-0.2, -0.15) is 0 Å². The Kier molecular flexibility index (Phi) is 2.20. The van der Waals surface area contributed by atoms with E-state index in [1.165, 1.54) is 25.7 Å². The van der Waals surface area contributed by atoms with Crippen LogP contribution < -0.4 is 0 Å². The maximum atomic E-state index is 11.6. The minimum atomic E-state index is -2.71. The highest BCUT2D eigenvalue weighted by atomic mass is 32.2. The molecular formula is C12H18O2S. The van der Waals surface area contributed by atoms with Crippen molar-refractivity contribution < 1.29 is 8.42 Å². The van der Waals surface area contributed by atoms with Crippen LogP contribution in [0.3, 0.4) is 0 Å². The predicted octanol–water partition coefficient (Wildman–Crippen LogP) is 2.17. The van der Waals surface area contributed by atoms with Crippen LogP contribution in [0.1, 0.15) is 32.1 Å². The fraction of sp³-hybridized carbons (Fsp3) is 0.833. The standard InChI is InChI=1S/C12H18O2S/c13-15(14)7-10-6-5-9-3-1-2-4-11(9)12(10)8-15/h5,10-12H,1-4,6-8H2/t10-,11+,12+/m0/s1. The lowest BCUT2D eigenvalue weighted by molar-refractivity contribution is 0.255. The van der Waals surface area contributed by atoms with E-state index >= 15 is 0 Å². The Morgan fingerprint density at radius 3 is 2.93 bits per heavy atom. The average molecular weight is 226 g/mol. The van der Waals surface area contributed by atoms with Gasteiger partial charge in [0.25, 0.3) is 0 Å². The van der Waals surface area contributed by atoms with Crippen molar-refractivity contribution >= 4 is 9.84 Å². The number of hydrogen-bond acceptors (Lipinski definition) is 2. The van der Waals surface area contributed by atoms with Crippen LogP contribution in [0.25, 0.3) is 0 Å². The largest absolute Gasteiger partial charge is 0.229 e. The van der Waals surface area contributed by atoms with E-state index in [0.717, 1.165) is 6.42 Å². The Hall–Kier alpha value is -0.310. The topological polar surface area (TPSA) is 34.1 Å². The molecule has 3 atom stereocenters. The molecule has 0 N–H and O–H groups in total. The molecule has 0 bridgehead atoms. The van der Waals surface area contributed by atoms with Gasteiger partial charge in [-0.25, -0.2) is 8.42 Å². The highest BCUT2D eigenvalue weighted by molar-refractivity contribution is 7.91. The van der Waals surface area contributed by atoms with Crippen molar-refractivity contribution in [3.63, 3.8) is 0 Å². The summed E-state index contributed by atoms with van der Waals surface area (Å²) in [5, 5.41) is 0. The lowest BCUT2D eigenvalue weighted by Gasteiger charge is -2.36. The van der Waals surface area contributed by atoms with Crippen LogP contribution in [-0.4, -0.2) is 19.9 Å². The monoisotopic (exact) mass is 226 g/mol. The van der Waals surface area contributed by atoms with Crippen molar-refractivity contribution in [2.45, 2.75) is 32.1 Å². The zero-order valence-electron chi connectivity index (χ0n) is 8.98. The first-order chi connectivity index (χ1) is 7.16. The van der Waals surface area contributed by atoms with Gasteiger partial charge >= 0.3 is 0 Å². The van der Waals surface area contributed by atoms with Crippen LogP contribution in [0.15, 0.2) is 11.6 Å². The highest BCUT2D eigenvalue weighted by Crippen LogP contribution is 2.46. The number of rotatable bonds is 0. The van der Waals surface area contributed by atoms with Crippen molar-refractivity contribution in [2.75, 3.05) is 11.5 Å². The molecule has 0 unspecified atom stereocenters. The summed E-state index contributed by atoms with van der Waals surface area (Å²) < 4.78 is 23.3. The smallest absolute Gasteiger partial charge is 0.150 e. The Balaban J connectivity index is 1.90. The fourth-order valence-electron chi connectivity index (χ4n) is 3.74. The number of sulfone groups is 1. The Bertz CT molecular complexity index is 394. The van der Waals surface area contributed by atoms with E-state index in [2.05, 4.69) is 6.08 Å². The van der Waals surface area contributed by atoms with E-state index in [1.54, 1.807) is 5.57 Å². The molecule has 3 heteroatoms. The van der Waals surface area contributed by atoms with Gasteiger partial charge in [-0.1, -0.05) is 18.1 Å². The highest BCUT2D eigenvalue weighted by Gasteiger charge is 2.44. The van der Waals surface area contributed by atoms with Gasteiger partial charge in [0, 0.05) is 0 Å². The summed E-state index contributed by atoms with van der Waals surface area (Å²) in [5.41, 5.74) is 1.58. The van der Waals surface area contributed by atoms with Gasteiger partial charge in [0.05, 0.1) is 11.5 Å². The van der Waals surface area contributed by atoms with E-state index in [1.807, 2.05) is 0 Å². The molecule has 3 aliphatic rings. The molecule has 0 spiro atoms. The number of fused-ring (bicyclic) bond motifs is 3. The molecule has 2 fully saturated rings. The maximum Gasteiger partial charge on any atom is 0.150 e. The molecule has 0 aromatic carbocycles. The molecule has 1 heterocycles. The molecule has 0 aromatic rings. The molecule has 3 rings (SSSR count). The molecule has 84 valence electrons. The fourth-order valence-corrected chi connectivity index (χ4v) is 6.01. The Morgan fingerprint density at radius 1 is 1.20 bits per heavy atom.